The predicted molar refractivity (Wildman–Crippen MR) is 58.1 cm³/mol. The van der Waals surface area contributed by atoms with E-state index in [0.29, 0.717) is 5.76 Å². The summed E-state index contributed by atoms with van der Waals surface area (Å²) in [4.78, 5) is 0. The second-order valence-corrected chi connectivity index (χ2v) is 4.15. The summed E-state index contributed by atoms with van der Waals surface area (Å²) in [5, 5.41) is 9.83. The van der Waals surface area contributed by atoms with Crippen molar-refractivity contribution in [2.45, 2.75) is 13.8 Å². The molecule has 0 saturated carbocycles. The topological polar surface area (TPSA) is 36.9 Å². The van der Waals surface area contributed by atoms with Crippen molar-refractivity contribution in [3.63, 3.8) is 0 Å². The number of fused-ring (bicyclic) bond motifs is 1. The molecule has 0 aliphatic rings. The van der Waals surface area contributed by atoms with Crippen molar-refractivity contribution < 1.29 is 4.42 Å². The number of aryl methyl sites for hydroxylation is 2. The Morgan fingerprint density at radius 3 is 2.71 bits per heavy atom. The van der Waals surface area contributed by atoms with Gasteiger partial charge in [-0.2, -0.15) is 5.26 Å². The Hall–Kier alpha value is -1.27. The third-order valence-corrected chi connectivity index (χ3v) is 2.83. The van der Waals surface area contributed by atoms with E-state index in [-0.39, 0.29) is 0 Å². The molecule has 0 unspecified atom stereocenters. The lowest BCUT2D eigenvalue weighted by Gasteiger charge is -1.95. The molecular weight excluding hydrogens is 242 g/mol. The lowest BCUT2D eigenvalue weighted by molar-refractivity contribution is 0.594. The third-order valence-electron chi connectivity index (χ3n) is 2.24. The first kappa shape index (κ1) is 9.29. The Kier molecular flexibility index (Phi) is 2.09. The minimum Gasteiger partial charge on any atom is -0.444 e. The second-order valence-electron chi connectivity index (χ2n) is 3.29. The molecule has 0 saturated heterocycles. The van der Waals surface area contributed by atoms with Gasteiger partial charge in [-0.05, 0) is 47.5 Å². The molecular formula is C11H8BrNO. The smallest absolute Gasteiger partial charge is 0.207 e. The highest BCUT2D eigenvalue weighted by Crippen LogP contribution is 2.31. The van der Waals surface area contributed by atoms with Gasteiger partial charge >= 0.3 is 0 Å². The van der Waals surface area contributed by atoms with E-state index >= 15 is 0 Å². The highest BCUT2D eigenvalue weighted by molar-refractivity contribution is 9.10. The van der Waals surface area contributed by atoms with Gasteiger partial charge in [0.2, 0.25) is 5.76 Å². The van der Waals surface area contributed by atoms with Gasteiger partial charge in [0.25, 0.3) is 0 Å². The van der Waals surface area contributed by atoms with Crippen molar-refractivity contribution in [1.29, 1.82) is 5.26 Å². The van der Waals surface area contributed by atoms with Crippen LogP contribution in [-0.2, 0) is 0 Å². The predicted octanol–water partition coefficient (Wildman–Crippen LogP) is 3.68. The fourth-order valence-electron chi connectivity index (χ4n) is 1.52. The Morgan fingerprint density at radius 2 is 2.07 bits per heavy atom. The van der Waals surface area contributed by atoms with Crippen molar-refractivity contribution in [3.8, 4) is 6.07 Å². The van der Waals surface area contributed by atoms with Gasteiger partial charge in [-0.3, -0.25) is 0 Å². The Balaban J connectivity index is 2.94. The number of hydrogen-bond acceptors (Lipinski definition) is 2. The van der Waals surface area contributed by atoms with E-state index in [4.69, 9.17) is 9.68 Å². The molecule has 1 aromatic carbocycles. The zero-order chi connectivity index (χ0) is 10.3. The Morgan fingerprint density at radius 1 is 1.36 bits per heavy atom. The molecule has 14 heavy (non-hydrogen) atoms. The van der Waals surface area contributed by atoms with Gasteiger partial charge < -0.3 is 4.42 Å². The average Bonchev–Trinajstić information content (AvgIpc) is 2.44. The van der Waals surface area contributed by atoms with Crippen LogP contribution in [0, 0.1) is 25.2 Å². The molecule has 1 heterocycles. The third kappa shape index (κ3) is 1.23. The molecule has 3 heteroatoms. The first-order chi connectivity index (χ1) is 6.63. The number of nitriles is 1. The Labute approximate surface area is 90.3 Å². The zero-order valence-corrected chi connectivity index (χ0v) is 9.47. The molecule has 0 radical (unpaired) electrons. The van der Waals surface area contributed by atoms with Gasteiger partial charge in [0.05, 0.1) is 4.47 Å². The summed E-state index contributed by atoms with van der Waals surface area (Å²) in [5.74, 6) is 0.395. The maximum absolute atomic E-state index is 8.82. The highest BCUT2D eigenvalue weighted by Gasteiger charge is 2.12. The molecule has 0 fully saturated rings. The van der Waals surface area contributed by atoms with Gasteiger partial charge in [-0.25, -0.2) is 0 Å². The first-order valence-electron chi connectivity index (χ1n) is 4.23. The van der Waals surface area contributed by atoms with Crippen molar-refractivity contribution in [1.82, 2.24) is 0 Å². The van der Waals surface area contributed by atoms with Gasteiger partial charge in [0.15, 0.2) is 0 Å². The first-order valence-corrected chi connectivity index (χ1v) is 5.02. The molecule has 70 valence electrons. The average molecular weight is 250 g/mol. The molecule has 0 atom stereocenters. The van der Waals surface area contributed by atoms with E-state index in [0.717, 1.165) is 26.6 Å². The SMILES string of the molecule is Cc1cc(Br)c2oc(C#N)c(C)c2c1. The lowest BCUT2D eigenvalue weighted by Crippen LogP contribution is -1.75. The van der Waals surface area contributed by atoms with E-state index in [2.05, 4.69) is 15.9 Å². The van der Waals surface area contributed by atoms with Crippen molar-refractivity contribution in [3.05, 3.63) is 33.5 Å². The largest absolute Gasteiger partial charge is 0.444 e. The minimum atomic E-state index is 0.395. The van der Waals surface area contributed by atoms with Crippen LogP contribution >= 0.6 is 15.9 Å². The summed E-state index contributed by atoms with van der Waals surface area (Å²) in [6.45, 7) is 3.92. The van der Waals surface area contributed by atoms with Crippen LogP contribution in [0.2, 0.25) is 0 Å². The number of hydrogen-bond donors (Lipinski definition) is 0. The number of benzene rings is 1. The van der Waals surface area contributed by atoms with Gasteiger partial charge in [0.1, 0.15) is 11.7 Å². The minimum absolute atomic E-state index is 0.395. The van der Waals surface area contributed by atoms with E-state index in [1.165, 1.54) is 0 Å². The van der Waals surface area contributed by atoms with E-state index < -0.39 is 0 Å². The van der Waals surface area contributed by atoms with Crippen LogP contribution in [0.1, 0.15) is 16.9 Å². The maximum atomic E-state index is 8.82. The molecule has 2 nitrogen and oxygen atoms in total. The summed E-state index contributed by atoms with van der Waals surface area (Å²) < 4.78 is 6.33. The Bertz CT molecular complexity index is 548. The number of rotatable bonds is 0. The number of nitrogens with zero attached hydrogens (tertiary/aromatic N) is 1. The molecule has 2 aromatic rings. The standard InChI is InChI=1S/C11H8BrNO/c1-6-3-8-7(2)10(5-13)14-11(8)9(12)4-6/h3-4H,1-2H3. The monoisotopic (exact) mass is 249 g/mol. The number of halogens is 1. The molecule has 0 bridgehead atoms. The summed E-state index contributed by atoms with van der Waals surface area (Å²) in [5.41, 5.74) is 2.81. The molecule has 0 aliphatic heterocycles. The van der Waals surface area contributed by atoms with Crippen molar-refractivity contribution in [2.75, 3.05) is 0 Å². The summed E-state index contributed by atoms with van der Waals surface area (Å²) in [6.07, 6.45) is 0. The maximum Gasteiger partial charge on any atom is 0.207 e. The zero-order valence-electron chi connectivity index (χ0n) is 7.89. The van der Waals surface area contributed by atoms with Crippen LogP contribution in [0.4, 0.5) is 0 Å². The molecule has 0 amide bonds. The molecule has 1 aromatic heterocycles. The number of furan rings is 1. The van der Waals surface area contributed by atoms with Gasteiger partial charge in [-0.15, -0.1) is 0 Å². The van der Waals surface area contributed by atoms with E-state index in [1.807, 2.05) is 32.0 Å². The molecule has 0 aliphatic carbocycles. The lowest BCUT2D eigenvalue weighted by atomic mass is 10.1. The summed E-state index contributed by atoms with van der Waals surface area (Å²) >= 11 is 3.42. The van der Waals surface area contributed by atoms with Gasteiger partial charge in [0, 0.05) is 10.9 Å². The highest BCUT2D eigenvalue weighted by atomic mass is 79.9. The molecule has 0 spiro atoms. The fraction of sp³-hybridized carbons (Fsp3) is 0.182. The second kappa shape index (κ2) is 3.14. The fourth-order valence-corrected chi connectivity index (χ4v) is 2.17. The molecule has 0 N–H and O–H groups in total. The van der Waals surface area contributed by atoms with Crippen molar-refractivity contribution >= 4 is 26.9 Å². The van der Waals surface area contributed by atoms with E-state index in [1.54, 1.807) is 0 Å². The van der Waals surface area contributed by atoms with Crippen LogP contribution in [-0.4, -0.2) is 0 Å². The molecule has 2 rings (SSSR count). The summed E-state index contributed by atoms with van der Waals surface area (Å²) in [6, 6.07) is 6.05. The van der Waals surface area contributed by atoms with Crippen LogP contribution in [0.3, 0.4) is 0 Å². The van der Waals surface area contributed by atoms with Gasteiger partial charge in [-0.1, -0.05) is 0 Å². The quantitative estimate of drug-likeness (QED) is 0.715. The van der Waals surface area contributed by atoms with Crippen molar-refractivity contribution in [2.24, 2.45) is 0 Å². The van der Waals surface area contributed by atoms with Crippen LogP contribution in [0.5, 0.6) is 0 Å². The summed E-state index contributed by atoms with van der Waals surface area (Å²) in [7, 11) is 0. The normalized spacial score (nSPS) is 10.4. The van der Waals surface area contributed by atoms with Crippen LogP contribution < -0.4 is 0 Å². The van der Waals surface area contributed by atoms with Crippen LogP contribution in [0.25, 0.3) is 11.0 Å². The van der Waals surface area contributed by atoms with Crippen LogP contribution in [0.15, 0.2) is 21.0 Å². The van der Waals surface area contributed by atoms with E-state index in [9.17, 15) is 0 Å².